The third kappa shape index (κ3) is 3.22. The standard InChI is InChI=1S/C12H16ClNOS/c13-11-3-1-9(2-4-11)7-14-12(15)10-5-6-16-8-10/h5-6,8-9,11H,1-4,7H2,(H,14,15). The molecule has 0 bridgehead atoms. The summed E-state index contributed by atoms with van der Waals surface area (Å²) >= 11 is 7.59. The maximum Gasteiger partial charge on any atom is 0.252 e. The van der Waals surface area contributed by atoms with Crippen molar-refractivity contribution in [2.24, 2.45) is 5.92 Å². The van der Waals surface area contributed by atoms with Gasteiger partial charge in [0.2, 0.25) is 0 Å². The number of alkyl halides is 1. The lowest BCUT2D eigenvalue weighted by atomic mass is 9.89. The fourth-order valence-electron chi connectivity index (χ4n) is 2.06. The number of carbonyl (C=O) groups excluding carboxylic acids is 1. The number of carbonyl (C=O) groups is 1. The smallest absolute Gasteiger partial charge is 0.252 e. The summed E-state index contributed by atoms with van der Waals surface area (Å²) in [7, 11) is 0. The zero-order valence-corrected chi connectivity index (χ0v) is 10.7. The molecule has 1 fully saturated rings. The van der Waals surface area contributed by atoms with Crippen LogP contribution in [0.2, 0.25) is 0 Å². The Morgan fingerprint density at radius 2 is 2.19 bits per heavy atom. The highest BCUT2D eigenvalue weighted by Gasteiger charge is 2.19. The molecule has 1 amide bonds. The summed E-state index contributed by atoms with van der Waals surface area (Å²) in [5.41, 5.74) is 0.774. The molecule has 1 aliphatic carbocycles. The fourth-order valence-corrected chi connectivity index (χ4v) is 2.95. The van der Waals surface area contributed by atoms with Gasteiger partial charge in [0.1, 0.15) is 0 Å². The largest absolute Gasteiger partial charge is 0.352 e. The topological polar surface area (TPSA) is 29.1 Å². The van der Waals surface area contributed by atoms with Crippen LogP contribution in [0.5, 0.6) is 0 Å². The van der Waals surface area contributed by atoms with Gasteiger partial charge in [-0.25, -0.2) is 0 Å². The van der Waals surface area contributed by atoms with Crippen molar-refractivity contribution in [3.05, 3.63) is 22.4 Å². The number of rotatable bonds is 3. The van der Waals surface area contributed by atoms with Gasteiger partial charge < -0.3 is 5.32 Å². The second kappa shape index (κ2) is 5.69. The van der Waals surface area contributed by atoms with Crippen LogP contribution in [0.15, 0.2) is 16.8 Å². The van der Waals surface area contributed by atoms with Gasteiger partial charge in [-0.1, -0.05) is 0 Å². The lowest BCUT2D eigenvalue weighted by molar-refractivity contribution is 0.0944. The molecule has 1 saturated carbocycles. The summed E-state index contributed by atoms with van der Waals surface area (Å²) in [6, 6.07) is 1.86. The van der Waals surface area contributed by atoms with Crippen LogP contribution in [0.4, 0.5) is 0 Å². The first-order chi connectivity index (χ1) is 7.75. The fraction of sp³-hybridized carbons (Fsp3) is 0.583. The van der Waals surface area contributed by atoms with Crippen molar-refractivity contribution in [3.8, 4) is 0 Å². The Hall–Kier alpha value is -0.540. The number of halogens is 1. The molecule has 1 aliphatic rings. The lowest BCUT2D eigenvalue weighted by Gasteiger charge is -2.24. The van der Waals surface area contributed by atoms with Crippen molar-refractivity contribution in [3.63, 3.8) is 0 Å². The van der Waals surface area contributed by atoms with Gasteiger partial charge >= 0.3 is 0 Å². The number of hydrogen-bond acceptors (Lipinski definition) is 2. The molecule has 0 radical (unpaired) electrons. The van der Waals surface area contributed by atoms with Crippen LogP contribution in [0, 0.1) is 5.92 Å². The van der Waals surface area contributed by atoms with Gasteiger partial charge in [0.25, 0.3) is 5.91 Å². The van der Waals surface area contributed by atoms with E-state index in [9.17, 15) is 4.79 Å². The molecule has 1 N–H and O–H groups in total. The van der Waals surface area contributed by atoms with E-state index < -0.39 is 0 Å². The average molecular weight is 258 g/mol. The van der Waals surface area contributed by atoms with Gasteiger partial charge in [0, 0.05) is 22.9 Å². The van der Waals surface area contributed by atoms with E-state index in [4.69, 9.17) is 11.6 Å². The van der Waals surface area contributed by atoms with Gasteiger partial charge in [-0.15, -0.1) is 11.6 Å². The van der Waals surface area contributed by atoms with E-state index >= 15 is 0 Å². The van der Waals surface area contributed by atoms with E-state index in [1.54, 1.807) is 11.3 Å². The zero-order valence-electron chi connectivity index (χ0n) is 9.12. The Balaban J connectivity index is 1.73. The summed E-state index contributed by atoms with van der Waals surface area (Å²) < 4.78 is 0. The van der Waals surface area contributed by atoms with Crippen LogP contribution in [-0.2, 0) is 0 Å². The normalized spacial score (nSPS) is 25.3. The van der Waals surface area contributed by atoms with Crippen LogP contribution in [-0.4, -0.2) is 17.8 Å². The second-order valence-electron chi connectivity index (χ2n) is 4.34. The van der Waals surface area contributed by atoms with E-state index in [0.29, 0.717) is 11.3 Å². The summed E-state index contributed by atoms with van der Waals surface area (Å²) in [5, 5.41) is 7.15. The quantitative estimate of drug-likeness (QED) is 0.828. The number of nitrogens with one attached hydrogen (secondary N) is 1. The molecule has 4 heteroatoms. The molecule has 1 aromatic rings. The zero-order chi connectivity index (χ0) is 11.4. The predicted molar refractivity (Wildman–Crippen MR) is 68.3 cm³/mol. The second-order valence-corrected chi connectivity index (χ2v) is 5.74. The predicted octanol–water partition coefficient (Wildman–Crippen LogP) is 3.28. The van der Waals surface area contributed by atoms with E-state index in [1.807, 2.05) is 16.8 Å². The average Bonchev–Trinajstić information content (AvgIpc) is 2.81. The molecule has 0 aliphatic heterocycles. The first kappa shape index (κ1) is 11.9. The molecule has 1 aromatic heterocycles. The van der Waals surface area contributed by atoms with Gasteiger partial charge in [-0.3, -0.25) is 4.79 Å². The highest BCUT2D eigenvalue weighted by atomic mass is 35.5. The lowest BCUT2D eigenvalue weighted by Crippen LogP contribution is -2.31. The minimum Gasteiger partial charge on any atom is -0.352 e. The van der Waals surface area contributed by atoms with Crippen molar-refractivity contribution in [2.75, 3.05) is 6.54 Å². The van der Waals surface area contributed by atoms with Gasteiger partial charge in [0.15, 0.2) is 0 Å². The first-order valence-electron chi connectivity index (χ1n) is 5.70. The van der Waals surface area contributed by atoms with Gasteiger partial charge in [-0.2, -0.15) is 11.3 Å². The minimum absolute atomic E-state index is 0.0502. The van der Waals surface area contributed by atoms with Crippen molar-refractivity contribution >= 4 is 28.8 Å². The molecule has 0 atom stereocenters. The molecule has 0 spiro atoms. The van der Waals surface area contributed by atoms with E-state index in [0.717, 1.165) is 37.8 Å². The maximum atomic E-state index is 11.7. The Morgan fingerprint density at radius 3 is 2.81 bits per heavy atom. The molecular formula is C12H16ClNOS. The molecule has 2 nitrogen and oxygen atoms in total. The van der Waals surface area contributed by atoms with Crippen molar-refractivity contribution < 1.29 is 4.79 Å². The maximum absolute atomic E-state index is 11.7. The Labute approximate surface area is 105 Å². The number of hydrogen-bond donors (Lipinski definition) is 1. The number of thiophene rings is 1. The highest BCUT2D eigenvalue weighted by molar-refractivity contribution is 7.08. The molecule has 2 rings (SSSR count). The Kier molecular flexibility index (Phi) is 4.24. The molecule has 1 heterocycles. The first-order valence-corrected chi connectivity index (χ1v) is 7.08. The SMILES string of the molecule is O=C(NCC1CCC(Cl)CC1)c1ccsc1. The van der Waals surface area contributed by atoms with Gasteiger partial charge in [0.05, 0.1) is 0 Å². The van der Waals surface area contributed by atoms with E-state index in [2.05, 4.69) is 5.32 Å². The molecular weight excluding hydrogens is 242 g/mol. The van der Waals surface area contributed by atoms with E-state index in [-0.39, 0.29) is 5.91 Å². The van der Waals surface area contributed by atoms with Crippen LogP contribution < -0.4 is 5.32 Å². The number of amides is 1. The summed E-state index contributed by atoms with van der Waals surface area (Å²) in [4.78, 5) is 11.7. The molecule has 16 heavy (non-hydrogen) atoms. The monoisotopic (exact) mass is 257 g/mol. The van der Waals surface area contributed by atoms with Crippen molar-refractivity contribution in [1.29, 1.82) is 0 Å². The van der Waals surface area contributed by atoms with Crippen LogP contribution >= 0.6 is 22.9 Å². The van der Waals surface area contributed by atoms with E-state index in [1.165, 1.54) is 0 Å². The van der Waals surface area contributed by atoms with Crippen LogP contribution in [0.1, 0.15) is 36.0 Å². The van der Waals surface area contributed by atoms with Gasteiger partial charge in [-0.05, 0) is 43.0 Å². The Bertz CT molecular complexity index is 331. The minimum atomic E-state index is 0.0502. The molecule has 0 saturated heterocycles. The Morgan fingerprint density at radius 1 is 1.44 bits per heavy atom. The molecule has 88 valence electrons. The van der Waals surface area contributed by atoms with Crippen LogP contribution in [0.3, 0.4) is 0 Å². The van der Waals surface area contributed by atoms with Crippen LogP contribution in [0.25, 0.3) is 0 Å². The molecule has 0 aromatic carbocycles. The molecule has 0 unspecified atom stereocenters. The summed E-state index contributed by atoms with van der Waals surface area (Å²) in [6.07, 6.45) is 4.44. The summed E-state index contributed by atoms with van der Waals surface area (Å²) in [5.74, 6) is 0.659. The third-order valence-electron chi connectivity index (χ3n) is 3.11. The highest BCUT2D eigenvalue weighted by Crippen LogP contribution is 2.27. The summed E-state index contributed by atoms with van der Waals surface area (Å²) in [6.45, 7) is 0.790. The van der Waals surface area contributed by atoms with Crippen molar-refractivity contribution in [1.82, 2.24) is 5.32 Å². The third-order valence-corrected chi connectivity index (χ3v) is 4.23. The van der Waals surface area contributed by atoms with Crippen molar-refractivity contribution in [2.45, 2.75) is 31.1 Å².